The first-order chi connectivity index (χ1) is 11.9. The zero-order valence-electron chi connectivity index (χ0n) is 14.5. The number of hydrazone groups is 1. The molecule has 0 aromatic heterocycles. The number of aromatic hydroxyl groups is 1. The molecule has 0 atom stereocenters. The number of rotatable bonds is 6. The summed E-state index contributed by atoms with van der Waals surface area (Å²) >= 11 is 5.95. The van der Waals surface area contributed by atoms with Crippen molar-refractivity contribution in [1.29, 1.82) is 0 Å². The molecule has 6 heteroatoms. The lowest BCUT2D eigenvalue weighted by Crippen LogP contribution is -2.20. The fraction of sp³-hybridized carbons (Fsp3) is 0.263. The van der Waals surface area contributed by atoms with Gasteiger partial charge in [-0.2, -0.15) is 5.10 Å². The van der Waals surface area contributed by atoms with Crippen LogP contribution in [-0.4, -0.2) is 23.8 Å². The Kier molecular flexibility index (Phi) is 6.42. The molecule has 2 rings (SSSR count). The van der Waals surface area contributed by atoms with Gasteiger partial charge in [0, 0.05) is 0 Å². The van der Waals surface area contributed by atoms with Crippen LogP contribution < -0.4 is 10.2 Å². The minimum atomic E-state index is -0.210. The standard InChI is InChI=1S/C19H21ClN2O3/c1-4-25-17-9-14(8-16(20)19(17)24)11-21-22-18(23)10-15-6-5-12(2)7-13(15)3/h5-9,11,24H,4,10H2,1-3H3,(H,22,23)/b21-11+. The summed E-state index contributed by atoms with van der Waals surface area (Å²) in [5.41, 5.74) is 6.30. The van der Waals surface area contributed by atoms with E-state index in [9.17, 15) is 9.90 Å². The lowest BCUT2D eigenvalue weighted by molar-refractivity contribution is -0.120. The number of halogens is 1. The van der Waals surface area contributed by atoms with Crippen LogP contribution in [0.15, 0.2) is 35.4 Å². The number of aryl methyl sites for hydroxylation is 2. The molecule has 0 aliphatic carbocycles. The Balaban J connectivity index is 2.01. The summed E-state index contributed by atoms with van der Waals surface area (Å²) in [6, 6.07) is 9.11. The van der Waals surface area contributed by atoms with Gasteiger partial charge in [-0.3, -0.25) is 4.79 Å². The summed E-state index contributed by atoms with van der Waals surface area (Å²) in [7, 11) is 0. The molecule has 0 unspecified atom stereocenters. The number of benzene rings is 2. The molecular weight excluding hydrogens is 340 g/mol. The second kappa shape index (κ2) is 8.53. The van der Waals surface area contributed by atoms with Crippen molar-refractivity contribution < 1.29 is 14.6 Å². The molecule has 2 N–H and O–H groups in total. The Labute approximate surface area is 152 Å². The number of carbonyl (C=O) groups excluding carboxylic acids is 1. The summed E-state index contributed by atoms with van der Waals surface area (Å²) in [4.78, 5) is 12.0. The molecule has 0 fully saturated rings. The first-order valence-electron chi connectivity index (χ1n) is 7.94. The number of phenols is 1. The fourth-order valence-corrected chi connectivity index (χ4v) is 2.59. The van der Waals surface area contributed by atoms with Crippen LogP contribution in [0.25, 0.3) is 0 Å². The number of phenolic OH excluding ortho intramolecular Hbond substituents is 1. The highest BCUT2D eigenvalue weighted by molar-refractivity contribution is 6.32. The minimum Gasteiger partial charge on any atom is -0.503 e. The Morgan fingerprint density at radius 1 is 1.32 bits per heavy atom. The molecule has 132 valence electrons. The van der Waals surface area contributed by atoms with Crippen LogP contribution in [0.5, 0.6) is 11.5 Å². The molecular formula is C19H21ClN2O3. The monoisotopic (exact) mass is 360 g/mol. The predicted molar refractivity (Wildman–Crippen MR) is 99.6 cm³/mol. The normalized spacial score (nSPS) is 10.9. The Morgan fingerprint density at radius 3 is 2.76 bits per heavy atom. The number of ether oxygens (including phenoxy) is 1. The van der Waals surface area contributed by atoms with Gasteiger partial charge >= 0.3 is 0 Å². The molecule has 0 radical (unpaired) electrons. The molecule has 0 saturated carbocycles. The molecule has 2 aromatic rings. The van der Waals surface area contributed by atoms with E-state index in [4.69, 9.17) is 16.3 Å². The maximum absolute atomic E-state index is 12.0. The second-order valence-electron chi connectivity index (χ2n) is 5.68. The zero-order chi connectivity index (χ0) is 18.4. The van der Waals surface area contributed by atoms with E-state index < -0.39 is 0 Å². The third-order valence-electron chi connectivity index (χ3n) is 3.60. The van der Waals surface area contributed by atoms with E-state index in [-0.39, 0.29) is 28.8 Å². The van der Waals surface area contributed by atoms with Crippen LogP contribution in [0.2, 0.25) is 5.02 Å². The summed E-state index contributed by atoms with van der Waals surface area (Å²) in [5.74, 6) is -0.0456. The predicted octanol–water partition coefficient (Wildman–Crippen LogP) is 3.75. The Morgan fingerprint density at radius 2 is 2.08 bits per heavy atom. The second-order valence-corrected chi connectivity index (χ2v) is 6.09. The average Bonchev–Trinajstić information content (AvgIpc) is 2.55. The maximum Gasteiger partial charge on any atom is 0.244 e. The van der Waals surface area contributed by atoms with Crippen molar-refractivity contribution in [3.8, 4) is 11.5 Å². The molecule has 0 bridgehead atoms. The summed E-state index contributed by atoms with van der Waals surface area (Å²) < 4.78 is 5.30. The van der Waals surface area contributed by atoms with Crippen molar-refractivity contribution in [1.82, 2.24) is 5.43 Å². The highest BCUT2D eigenvalue weighted by atomic mass is 35.5. The smallest absolute Gasteiger partial charge is 0.244 e. The van der Waals surface area contributed by atoms with Gasteiger partial charge in [-0.15, -0.1) is 0 Å². The minimum absolute atomic E-state index is 0.112. The Bertz CT molecular complexity index is 803. The van der Waals surface area contributed by atoms with E-state index in [0.717, 1.165) is 16.7 Å². The number of nitrogens with zero attached hydrogens (tertiary/aromatic N) is 1. The quantitative estimate of drug-likeness (QED) is 0.608. The number of hydrogen-bond donors (Lipinski definition) is 2. The lowest BCUT2D eigenvalue weighted by atomic mass is 10.0. The molecule has 1 amide bonds. The van der Waals surface area contributed by atoms with Crippen LogP contribution >= 0.6 is 11.6 Å². The first kappa shape index (κ1) is 18.8. The van der Waals surface area contributed by atoms with Gasteiger partial charge < -0.3 is 9.84 Å². The average molecular weight is 361 g/mol. The van der Waals surface area contributed by atoms with Crippen LogP contribution in [0.1, 0.15) is 29.2 Å². The third kappa shape index (κ3) is 5.22. The molecule has 0 heterocycles. The SMILES string of the molecule is CCOc1cc(/C=N/NC(=O)Cc2ccc(C)cc2C)cc(Cl)c1O. The molecule has 2 aromatic carbocycles. The molecule has 0 saturated heterocycles. The highest BCUT2D eigenvalue weighted by Crippen LogP contribution is 2.34. The van der Waals surface area contributed by atoms with Crippen LogP contribution in [0.3, 0.4) is 0 Å². The van der Waals surface area contributed by atoms with Crippen molar-refractivity contribution >= 4 is 23.7 Å². The van der Waals surface area contributed by atoms with Gasteiger partial charge in [0.25, 0.3) is 0 Å². The van der Waals surface area contributed by atoms with Crippen molar-refractivity contribution in [2.24, 2.45) is 5.10 Å². The zero-order valence-corrected chi connectivity index (χ0v) is 15.2. The largest absolute Gasteiger partial charge is 0.503 e. The van der Waals surface area contributed by atoms with Crippen LogP contribution in [-0.2, 0) is 11.2 Å². The van der Waals surface area contributed by atoms with E-state index in [2.05, 4.69) is 10.5 Å². The summed E-state index contributed by atoms with van der Waals surface area (Å²) in [6.45, 7) is 6.20. The van der Waals surface area contributed by atoms with Crippen molar-refractivity contribution in [3.63, 3.8) is 0 Å². The highest BCUT2D eigenvalue weighted by Gasteiger charge is 2.09. The number of carbonyl (C=O) groups is 1. The topological polar surface area (TPSA) is 70.9 Å². The van der Waals surface area contributed by atoms with E-state index in [1.54, 1.807) is 19.1 Å². The summed E-state index contributed by atoms with van der Waals surface area (Å²) in [5, 5.41) is 13.9. The molecule has 5 nitrogen and oxygen atoms in total. The lowest BCUT2D eigenvalue weighted by Gasteiger charge is -2.08. The molecule has 0 spiro atoms. The molecule has 0 aliphatic rings. The van der Waals surface area contributed by atoms with Crippen LogP contribution in [0, 0.1) is 13.8 Å². The number of amides is 1. The summed E-state index contributed by atoms with van der Waals surface area (Å²) in [6.07, 6.45) is 1.71. The van der Waals surface area contributed by atoms with Crippen molar-refractivity contribution in [3.05, 3.63) is 57.6 Å². The van der Waals surface area contributed by atoms with Crippen LogP contribution in [0.4, 0.5) is 0 Å². The van der Waals surface area contributed by atoms with Gasteiger partial charge in [-0.05, 0) is 49.6 Å². The number of nitrogens with one attached hydrogen (secondary N) is 1. The van der Waals surface area contributed by atoms with Gasteiger partial charge in [-0.25, -0.2) is 5.43 Å². The maximum atomic E-state index is 12.0. The van der Waals surface area contributed by atoms with E-state index in [1.165, 1.54) is 6.21 Å². The van der Waals surface area contributed by atoms with Gasteiger partial charge in [0.15, 0.2) is 11.5 Å². The molecule has 0 aliphatic heterocycles. The van der Waals surface area contributed by atoms with Gasteiger partial charge in [0.2, 0.25) is 5.91 Å². The van der Waals surface area contributed by atoms with E-state index >= 15 is 0 Å². The van der Waals surface area contributed by atoms with Gasteiger partial charge in [0.05, 0.1) is 24.3 Å². The van der Waals surface area contributed by atoms with Crippen molar-refractivity contribution in [2.45, 2.75) is 27.2 Å². The molecule has 25 heavy (non-hydrogen) atoms. The van der Waals surface area contributed by atoms with E-state index in [1.807, 2.05) is 32.0 Å². The van der Waals surface area contributed by atoms with Gasteiger partial charge in [0.1, 0.15) is 0 Å². The Hall–Kier alpha value is -2.53. The first-order valence-corrected chi connectivity index (χ1v) is 8.31. The number of hydrogen-bond acceptors (Lipinski definition) is 4. The third-order valence-corrected chi connectivity index (χ3v) is 3.89. The fourth-order valence-electron chi connectivity index (χ4n) is 2.37. The van der Waals surface area contributed by atoms with Crippen molar-refractivity contribution in [2.75, 3.05) is 6.61 Å². The van der Waals surface area contributed by atoms with Gasteiger partial charge in [-0.1, -0.05) is 35.4 Å². The van der Waals surface area contributed by atoms with E-state index in [0.29, 0.717) is 12.2 Å².